The number of benzene rings is 2. The van der Waals surface area contributed by atoms with Gasteiger partial charge in [-0.3, -0.25) is 0 Å². The van der Waals surface area contributed by atoms with Crippen LogP contribution in [0.4, 0.5) is 5.13 Å². The molecule has 0 unspecified atom stereocenters. The van der Waals surface area contributed by atoms with Crippen LogP contribution in [0.1, 0.15) is 16.7 Å². The molecule has 3 rings (SSSR count). The molecule has 1 aromatic heterocycles. The van der Waals surface area contributed by atoms with Crippen LogP contribution >= 0.6 is 11.3 Å². The Kier molecular flexibility index (Phi) is 4.53. The number of hydrogen-bond donors (Lipinski definition) is 0. The molecule has 0 radical (unpaired) electrons. The Hall–Kier alpha value is -2.46. The van der Waals surface area contributed by atoms with E-state index in [1.165, 1.54) is 15.8 Å². The number of thiazole rings is 1. The highest BCUT2D eigenvalue weighted by molar-refractivity contribution is 7.22. The minimum Gasteiger partial charge on any atom is -0.235 e. The maximum Gasteiger partial charge on any atom is 0.207 e. The fourth-order valence-electron chi connectivity index (χ4n) is 2.30. The molecular formula is C19H19N3S. The number of nitrogens with zero attached hydrogens (tertiary/aromatic N) is 3. The van der Waals surface area contributed by atoms with Crippen LogP contribution in [0.3, 0.4) is 0 Å². The third kappa shape index (κ3) is 3.48. The first-order chi connectivity index (χ1) is 11.2. The molecule has 0 amide bonds. The van der Waals surface area contributed by atoms with Gasteiger partial charge in [0.2, 0.25) is 5.13 Å². The van der Waals surface area contributed by atoms with Crippen LogP contribution in [-0.4, -0.2) is 17.7 Å². The van der Waals surface area contributed by atoms with Crippen molar-refractivity contribution in [2.45, 2.75) is 13.8 Å². The van der Waals surface area contributed by atoms with E-state index in [-0.39, 0.29) is 0 Å². The van der Waals surface area contributed by atoms with E-state index in [9.17, 15) is 0 Å². The summed E-state index contributed by atoms with van der Waals surface area (Å²) in [5.74, 6) is 0. The van der Waals surface area contributed by atoms with Crippen molar-refractivity contribution in [1.82, 2.24) is 4.98 Å². The van der Waals surface area contributed by atoms with E-state index in [0.29, 0.717) is 6.54 Å². The van der Waals surface area contributed by atoms with Gasteiger partial charge in [-0.25, -0.2) is 9.99 Å². The summed E-state index contributed by atoms with van der Waals surface area (Å²) in [5, 5.41) is 7.41. The first kappa shape index (κ1) is 15.4. The molecule has 0 N–H and O–H groups in total. The van der Waals surface area contributed by atoms with E-state index < -0.39 is 0 Å². The first-order valence-corrected chi connectivity index (χ1v) is 8.34. The third-order valence-electron chi connectivity index (χ3n) is 3.58. The molecule has 0 atom stereocenters. The van der Waals surface area contributed by atoms with Gasteiger partial charge in [0.25, 0.3) is 0 Å². The molecule has 0 saturated carbocycles. The van der Waals surface area contributed by atoms with Gasteiger partial charge in [-0.2, -0.15) is 5.10 Å². The van der Waals surface area contributed by atoms with E-state index in [0.717, 1.165) is 16.2 Å². The van der Waals surface area contributed by atoms with Gasteiger partial charge in [-0.05, 0) is 37.1 Å². The number of fused-ring (bicyclic) bond motifs is 1. The van der Waals surface area contributed by atoms with Crippen molar-refractivity contribution >= 4 is 32.9 Å². The number of rotatable bonds is 5. The minimum atomic E-state index is 0.626. The summed E-state index contributed by atoms with van der Waals surface area (Å²) in [4.78, 5) is 4.67. The van der Waals surface area contributed by atoms with Gasteiger partial charge in [-0.1, -0.05) is 53.3 Å². The van der Waals surface area contributed by atoms with Gasteiger partial charge < -0.3 is 0 Å². The van der Waals surface area contributed by atoms with Crippen LogP contribution in [0.5, 0.6) is 0 Å². The Morgan fingerprint density at radius 1 is 1.22 bits per heavy atom. The van der Waals surface area contributed by atoms with Gasteiger partial charge in [-0.15, -0.1) is 6.58 Å². The summed E-state index contributed by atoms with van der Waals surface area (Å²) >= 11 is 1.64. The predicted molar refractivity (Wildman–Crippen MR) is 101 cm³/mol. The zero-order valence-electron chi connectivity index (χ0n) is 13.4. The summed E-state index contributed by atoms with van der Waals surface area (Å²) in [6.07, 6.45) is 3.74. The third-order valence-corrected chi connectivity index (χ3v) is 4.63. The molecule has 0 saturated heterocycles. The quantitative estimate of drug-likeness (QED) is 0.378. The van der Waals surface area contributed by atoms with Crippen molar-refractivity contribution in [3.05, 3.63) is 71.8 Å². The Balaban J connectivity index is 1.93. The SMILES string of the molecule is C=CCN(/N=C/c1cc(C)ccc1C)c1nc2ccccc2s1. The molecule has 2 aromatic carbocycles. The van der Waals surface area contributed by atoms with Gasteiger partial charge in [0.15, 0.2) is 0 Å². The zero-order chi connectivity index (χ0) is 16.2. The first-order valence-electron chi connectivity index (χ1n) is 7.52. The van der Waals surface area contributed by atoms with E-state index in [2.05, 4.69) is 54.8 Å². The van der Waals surface area contributed by atoms with Crippen molar-refractivity contribution in [3.63, 3.8) is 0 Å². The Morgan fingerprint density at radius 2 is 2.04 bits per heavy atom. The van der Waals surface area contributed by atoms with Crippen LogP contribution < -0.4 is 5.01 Å². The van der Waals surface area contributed by atoms with Crippen molar-refractivity contribution in [1.29, 1.82) is 0 Å². The largest absolute Gasteiger partial charge is 0.235 e. The molecule has 0 bridgehead atoms. The highest BCUT2D eigenvalue weighted by Crippen LogP contribution is 2.28. The number of hydrogen-bond acceptors (Lipinski definition) is 4. The molecule has 0 fully saturated rings. The van der Waals surface area contributed by atoms with Crippen molar-refractivity contribution in [2.24, 2.45) is 5.10 Å². The maximum absolute atomic E-state index is 4.67. The zero-order valence-corrected chi connectivity index (χ0v) is 14.2. The Labute approximate surface area is 140 Å². The molecule has 0 aliphatic carbocycles. The summed E-state index contributed by atoms with van der Waals surface area (Å²) < 4.78 is 1.17. The monoisotopic (exact) mass is 321 g/mol. The highest BCUT2D eigenvalue weighted by Gasteiger charge is 2.09. The molecular weight excluding hydrogens is 302 g/mol. The normalized spacial score (nSPS) is 11.2. The standard InChI is InChI=1S/C19H19N3S/c1-4-11-22(19-21-17-7-5-6-8-18(17)23-19)20-13-16-12-14(2)9-10-15(16)3/h4-10,12-13H,1,11H2,2-3H3/b20-13+. The summed E-state index contributed by atoms with van der Waals surface area (Å²) in [7, 11) is 0. The van der Waals surface area contributed by atoms with Crippen LogP contribution in [0, 0.1) is 13.8 Å². The summed E-state index contributed by atoms with van der Waals surface area (Å²) in [6.45, 7) is 8.64. The van der Waals surface area contributed by atoms with E-state index in [1.54, 1.807) is 11.3 Å². The van der Waals surface area contributed by atoms with Crippen molar-refractivity contribution < 1.29 is 0 Å². The number of hydrazone groups is 1. The molecule has 0 spiro atoms. The van der Waals surface area contributed by atoms with E-state index in [4.69, 9.17) is 0 Å². The number of anilines is 1. The molecule has 23 heavy (non-hydrogen) atoms. The van der Waals surface area contributed by atoms with Gasteiger partial charge in [0.05, 0.1) is 23.0 Å². The van der Waals surface area contributed by atoms with Crippen LogP contribution in [-0.2, 0) is 0 Å². The molecule has 3 nitrogen and oxygen atoms in total. The van der Waals surface area contributed by atoms with E-state index >= 15 is 0 Å². The fraction of sp³-hybridized carbons (Fsp3) is 0.158. The second kappa shape index (κ2) is 6.75. The molecule has 0 aliphatic heterocycles. The highest BCUT2D eigenvalue weighted by atomic mass is 32.1. The second-order valence-corrected chi connectivity index (χ2v) is 6.45. The minimum absolute atomic E-state index is 0.626. The van der Waals surface area contributed by atoms with Crippen LogP contribution in [0.15, 0.2) is 60.2 Å². The second-order valence-electron chi connectivity index (χ2n) is 5.44. The fourth-order valence-corrected chi connectivity index (χ4v) is 3.23. The molecule has 4 heteroatoms. The number of aromatic nitrogens is 1. The molecule has 1 heterocycles. The lowest BCUT2D eigenvalue weighted by atomic mass is 10.1. The lowest BCUT2D eigenvalue weighted by molar-refractivity contribution is 0.939. The number of para-hydroxylation sites is 1. The van der Waals surface area contributed by atoms with Crippen LogP contribution in [0.2, 0.25) is 0 Å². The summed E-state index contributed by atoms with van der Waals surface area (Å²) in [6, 6.07) is 14.5. The topological polar surface area (TPSA) is 28.5 Å². The van der Waals surface area contributed by atoms with Crippen molar-refractivity contribution in [3.8, 4) is 0 Å². The average molecular weight is 321 g/mol. The lowest BCUT2D eigenvalue weighted by Crippen LogP contribution is -2.16. The lowest BCUT2D eigenvalue weighted by Gasteiger charge is -2.13. The van der Waals surface area contributed by atoms with Crippen LogP contribution in [0.25, 0.3) is 10.2 Å². The molecule has 116 valence electrons. The molecule has 0 aliphatic rings. The summed E-state index contributed by atoms with van der Waals surface area (Å²) in [5.41, 5.74) is 4.57. The maximum atomic E-state index is 4.67. The Morgan fingerprint density at radius 3 is 2.83 bits per heavy atom. The van der Waals surface area contributed by atoms with Crippen molar-refractivity contribution in [2.75, 3.05) is 11.6 Å². The average Bonchev–Trinajstić information content (AvgIpc) is 2.98. The van der Waals surface area contributed by atoms with E-state index in [1.807, 2.05) is 35.5 Å². The Bertz CT molecular complexity index is 831. The smallest absolute Gasteiger partial charge is 0.207 e. The van der Waals surface area contributed by atoms with Gasteiger partial charge in [0.1, 0.15) is 0 Å². The molecule has 3 aromatic rings. The van der Waals surface area contributed by atoms with Gasteiger partial charge in [0, 0.05) is 0 Å². The van der Waals surface area contributed by atoms with Gasteiger partial charge >= 0.3 is 0 Å². The number of aryl methyl sites for hydroxylation is 2. The predicted octanol–water partition coefficient (Wildman–Crippen LogP) is 4.94.